The van der Waals surface area contributed by atoms with E-state index >= 15 is 0 Å². The van der Waals surface area contributed by atoms with Gasteiger partial charge in [0.2, 0.25) is 5.95 Å². The van der Waals surface area contributed by atoms with E-state index in [1.54, 1.807) is 21.9 Å². The minimum Gasteiger partial charge on any atom is -0.446 e. The van der Waals surface area contributed by atoms with Gasteiger partial charge in [-0.15, -0.1) is 0 Å². The number of benzene rings is 1. The van der Waals surface area contributed by atoms with Crippen LogP contribution in [0, 0.1) is 11.2 Å². The molecule has 3 fully saturated rings. The van der Waals surface area contributed by atoms with Crippen LogP contribution in [0.1, 0.15) is 30.9 Å². The molecule has 1 spiro atoms. The minimum atomic E-state index is -4.48. The molecular weight excluding hydrogens is 466 g/mol. The van der Waals surface area contributed by atoms with E-state index in [1.807, 2.05) is 6.92 Å². The molecule has 2 aromatic rings. The van der Waals surface area contributed by atoms with E-state index in [4.69, 9.17) is 4.74 Å². The van der Waals surface area contributed by atoms with Crippen LogP contribution in [0.5, 0.6) is 0 Å². The van der Waals surface area contributed by atoms with Gasteiger partial charge in [-0.25, -0.2) is 19.2 Å². The zero-order chi connectivity index (χ0) is 24.8. The Morgan fingerprint density at radius 2 is 1.77 bits per heavy atom. The smallest absolute Gasteiger partial charge is 0.419 e. The van der Waals surface area contributed by atoms with Crippen molar-refractivity contribution in [2.75, 3.05) is 37.6 Å². The summed E-state index contributed by atoms with van der Waals surface area (Å²) in [5.41, 5.74) is 0.396. The molecule has 3 aliphatic rings. The van der Waals surface area contributed by atoms with Crippen LogP contribution < -0.4 is 4.90 Å². The number of piperazine rings is 1. The van der Waals surface area contributed by atoms with Gasteiger partial charge >= 0.3 is 12.3 Å². The number of rotatable bonds is 4. The Bertz CT molecular complexity index is 1050. The van der Waals surface area contributed by atoms with Gasteiger partial charge in [0.05, 0.1) is 5.56 Å². The maximum Gasteiger partial charge on any atom is 0.419 e. The molecule has 0 bridgehead atoms. The highest BCUT2D eigenvalue weighted by molar-refractivity contribution is 5.69. The average Bonchev–Trinajstić information content (AvgIpc) is 2.77. The summed E-state index contributed by atoms with van der Waals surface area (Å²) in [5, 5.41) is 0. The molecule has 1 aromatic heterocycles. The number of amides is 1. The molecule has 0 N–H and O–H groups in total. The molecule has 5 rings (SSSR count). The first-order valence-corrected chi connectivity index (χ1v) is 11.7. The number of carbonyl (C=O) groups excluding carboxylic acids is 1. The first-order chi connectivity index (χ1) is 16.6. The molecule has 35 heavy (non-hydrogen) atoms. The number of halogens is 4. The monoisotopic (exact) mass is 493 g/mol. The van der Waals surface area contributed by atoms with Crippen molar-refractivity contribution in [3.8, 4) is 0 Å². The third-order valence-electron chi connectivity index (χ3n) is 7.14. The second-order valence-electron chi connectivity index (χ2n) is 9.94. The van der Waals surface area contributed by atoms with Crippen molar-refractivity contribution in [2.45, 2.75) is 44.6 Å². The molecule has 1 saturated carbocycles. The summed E-state index contributed by atoms with van der Waals surface area (Å²) in [4.78, 5) is 26.2. The highest BCUT2D eigenvalue weighted by atomic mass is 19.4. The van der Waals surface area contributed by atoms with E-state index in [1.165, 1.54) is 12.1 Å². The largest absolute Gasteiger partial charge is 0.446 e. The van der Waals surface area contributed by atoms with Crippen molar-refractivity contribution in [1.82, 2.24) is 19.8 Å². The number of carbonyl (C=O) groups is 1. The lowest BCUT2D eigenvalue weighted by molar-refractivity contribution is -0.138. The second kappa shape index (κ2) is 8.92. The van der Waals surface area contributed by atoms with E-state index in [-0.39, 0.29) is 35.4 Å². The maximum atomic E-state index is 13.1. The summed E-state index contributed by atoms with van der Waals surface area (Å²) < 4.78 is 57.0. The van der Waals surface area contributed by atoms with Gasteiger partial charge in [0.25, 0.3) is 0 Å². The first-order valence-electron chi connectivity index (χ1n) is 11.7. The molecule has 188 valence electrons. The SMILES string of the molecule is C[C@@H]1CN(c2ncc(C(F)(F)F)cn2)CCN1C(=O)OC1CC2(C1)CN(Cc1ccc(F)cc1)C2. The minimum absolute atomic E-state index is 0.0982. The third kappa shape index (κ3) is 5.05. The zero-order valence-electron chi connectivity index (χ0n) is 19.3. The number of hydrogen-bond acceptors (Lipinski definition) is 6. The van der Waals surface area contributed by atoms with Crippen LogP contribution >= 0.6 is 0 Å². The molecule has 0 radical (unpaired) electrons. The normalized spacial score (nSPS) is 22.6. The number of ether oxygens (including phenoxy) is 1. The first kappa shape index (κ1) is 23.8. The van der Waals surface area contributed by atoms with Crippen molar-refractivity contribution in [3.63, 3.8) is 0 Å². The van der Waals surface area contributed by atoms with E-state index < -0.39 is 11.7 Å². The fourth-order valence-electron chi connectivity index (χ4n) is 5.36. The summed E-state index contributed by atoms with van der Waals surface area (Å²) in [6, 6.07) is 6.36. The van der Waals surface area contributed by atoms with Crippen LogP contribution in [0.25, 0.3) is 0 Å². The standard InChI is InChI=1S/C24H27F4N5O2/c1-16-12-32(21-29-10-18(11-30-21)24(26,27)28)6-7-33(16)22(34)35-20-8-23(9-20)14-31(15-23)13-17-2-4-19(25)5-3-17/h2-5,10-11,16,20H,6-9,12-15H2,1H3/t16-/m1/s1. The van der Waals surface area contributed by atoms with Gasteiger partial charge in [-0.05, 0) is 37.5 Å². The molecule has 2 saturated heterocycles. The van der Waals surface area contributed by atoms with Gasteiger partial charge in [0.15, 0.2) is 0 Å². The predicted octanol–water partition coefficient (Wildman–Crippen LogP) is 3.95. The molecule has 0 unspecified atom stereocenters. The summed E-state index contributed by atoms with van der Waals surface area (Å²) in [5.74, 6) is -0.0184. The maximum absolute atomic E-state index is 13.1. The van der Waals surface area contributed by atoms with Crippen LogP contribution in [0.3, 0.4) is 0 Å². The highest BCUT2D eigenvalue weighted by Gasteiger charge is 2.53. The van der Waals surface area contributed by atoms with Gasteiger partial charge in [-0.2, -0.15) is 13.2 Å². The quantitative estimate of drug-likeness (QED) is 0.602. The van der Waals surface area contributed by atoms with Crippen molar-refractivity contribution < 1.29 is 27.1 Å². The molecular formula is C24H27F4N5O2. The Hall–Kier alpha value is -2.95. The number of aromatic nitrogens is 2. The molecule has 1 atom stereocenters. The molecule has 1 aromatic carbocycles. The van der Waals surface area contributed by atoms with E-state index in [9.17, 15) is 22.4 Å². The van der Waals surface area contributed by atoms with E-state index in [2.05, 4.69) is 14.9 Å². The van der Waals surface area contributed by atoms with Gasteiger partial charge < -0.3 is 14.5 Å². The van der Waals surface area contributed by atoms with Gasteiger partial charge in [0.1, 0.15) is 11.9 Å². The highest BCUT2D eigenvalue weighted by Crippen LogP contribution is 2.50. The Morgan fingerprint density at radius 1 is 1.11 bits per heavy atom. The number of anilines is 1. The van der Waals surface area contributed by atoms with Crippen molar-refractivity contribution in [3.05, 3.63) is 53.6 Å². The Labute approximate surface area is 200 Å². The second-order valence-corrected chi connectivity index (χ2v) is 9.94. The van der Waals surface area contributed by atoms with Crippen LogP contribution in [0.2, 0.25) is 0 Å². The van der Waals surface area contributed by atoms with Crippen LogP contribution in [0.4, 0.5) is 28.3 Å². The number of hydrogen-bond donors (Lipinski definition) is 0. The molecule has 11 heteroatoms. The number of likely N-dealkylation sites (tertiary alicyclic amines) is 1. The Balaban J connectivity index is 1.05. The summed E-state index contributed by atoms with van der Waals surface area (Å²) in [7, 11) is 0. The van der Waals surface area contributed by atoms with Crippen molar-refractivity contribution >= 4 is 12.0 Å². The fourth-order valence-corrected chi connectivity index (χ4v) is 5.36. The number of alkyl halides is 3. The summed E-state index contributed by atoms with van der Waals surface area (Å²) in [6.07, 6.45) is -1.69. The Morgan fingerprint density at radius 3 is 2.37 bits per heavy atom. The van der Waals surface area contributed by atoms with Crippen LogP contribution in [-0.2, 0) is 17.5 Å². The zero-order valence-corrected chi connectivity index (χ0v) is 19.3. The summed E-state index contributed by atoms with van der Waals surface area (Å²) in [6.45, 7) is 5.76. The predicted molar refractivity (Wildman–Crippen MR) is 119 cm³/mol. The summed E-state index contributed by atoms with van der Waals surface area (Å²) >= 11 is 0. The topological polar surface area (TPSA) is 61.8 Å². The molecule has 7 nitrogen and oxygen atoms in total. The lowest BCUT2D eigenvalue weighted by atomic mass is 9.61. The lowest BCUT2D eigenvalue weighted by Crippen LogP contribution is -2.64. The Kier molecular flexibility index (Phi) is 6.06. The average molecular weight is 494 g/mol. The fraction of sp³-hybridized carbons (Fsp3) is 0.542. The van der Waals surface area contributed by atoms with E-state index in [0.29, 0.717) is 19.6 Å². The molecule has 1 aliphatic carbocycles. The molecule has 2 aliphatic heterocycles. The van der Waals surface area contributed by atoms with Crippen molar-refractivity contribution in [2.24, 2.45) is 5.41 Å². The van der Waals surface area contributed by atoms with Gasteiger partial charge in [0, 0.05) is 63.1 Å². The van der Waals surface area contributed by atoms with Crippen LogP contribution in [-0.4, -0.2) is 70.7 Å². The van der Waals surface area contributed by atoms with Gasteiger partial charge in [-0.1, -0.05) is 12.1 Å². The van der Waals surface area contributed by atoms with Gasteiger partial charge in [-0.3, -0.25) is 4.90 Å². The molecule has 1 amide bonds. The lowest BCUT2D eigenvalue weighted by Gasteiger charge is -2.58. The molecule has 3 heterocycles. The van der Waals surface area contributed by atoms with Crippen LogP contribution in [0.15, 0.2) is 36.7 Å². The number of nitrogens with zero attached hydrogens (tertiary/aromatic N) is 5. The van der Waals surface area contributed by atoms with E-state index in [0.717, 1.165) is 50.4 Å². The third-order valence-corrected chi connectivity index (χ3v) is 7.14. The van der Waals surface area contributed by atoms with Crippen molar-refractivity contribution in [1.29, 1.82) is 0 Å².